The van der Waals surface area contributed by atoms with Crippen molar-refractivity contribution in [3.05, 3.63) is 84.2 Å². The molecular weight excluding hydrogens is 368 g/mol. The van der Waals surface area contributed by atoms with Crippen molar-refractivity contribution in [1.29, 1.82) is 0 Å². The van der Waals surface area contributed by atoms with E-state index in [1.807, 2.05) is 73.7 Å². The molecule has 2 aromatic carbocycles. The van der Waals surface area contributed by atoms with Gasteiger partial charge in [-0.1, -0.05) is 35.9 Å². The first-order valence-corrected chi connectivity index (χ1v) is 9.90. The summed E-state index contributed by atoms with van der Waals surface area (Å²) in [6, 6.07) is 21.5. The molecule has 3 aromatic rings. The Balaban J connectivity index is 1.74. The van der Waals surface area contributed by atoms with Crippen LogP contribution in [0.5, 0.6) is 0 Å². The van der Waals surface area contributed by atoms with Crippen LogP contribution in [0.25, 0.3) is 0 Å². The van der Waals surface area contributed by atoms with Crippen molar-refractivity contribution in [2.75, 3.05) is 5.43 Å². The van der Waals surface area contributed by atoms with E-state index < -0.39 is 0 Å². The van der Waals surface area contributed by atoms with Crippen LogP contribution in [-0.4, -0.2) is 16.6 Å². The maximum absolute atomic E-state index is 12.1. The summed E-state index contributed by atoms with van der Waals surface area (Å²) < 4.78 is 0. The molecule has 0 saturated heterocycles. The summed E-state index contributed by atoms with van der Waals surface area (Å²) in [5.74, 6) is 0.841. The van der Waals surface area contributed by atoms with Crippen LogP contribution >= 0.6 is 11.8 Å². The van der Waals surface area contributed by atoms with Crippen LogP contribution in [0.1, 0.15) is 18.2 Å². The van der Waals surface area contributed by atoms with Crippen molar-refractivity contribution < 1.29 is 4.79 Å². The monoisotopic (exact) mass is 390 g/mol. The molecule has 5 nitrogen and oxygen atoms in total. The zero-order valence-corrected chi connectivity index (χ0v) is 16.7. The fraction of sp³-hybridized carbons (Fsp3) is 0.136. The maximum Gasteiger partial charge on any atom is 0.196 e. The average Bonchev–Trinajstić information content (AvgIpc) is 2.72. The van der Waals surface area contributed by atoms with E-state index in [1.54, 1.807) is 18.0 Å². The normalized spacial score (nSPS) is 11.1. The molecule has 3 rings (SSSR count). The minimum atomic E-state index is -0.149. The first-order chi connectivity index (χ1) is 13.6. The summed E-state index contributed by atoms with van der Waals surface area (Å²) >= 11 is 1.64. The lowest BCUT2D eigenvalue weighted by Gasteiger charge is -2.12. The highest BCUT2D eigenvalue weighted by atomic mass is 32.2. The Morgan fingerprint density at radius 1 is 1.04 bits per heavy atom. The van der Waals surface area contributed by atoms with E-state index in [9.17, 15) is 4.79 Å². The van der Waals surface area contributed by atoms with Crippen molar-refractivity contribution in [3.63, 3.8) is 0 Å². The molecule has 28 heavy (non-hydrogen) atoms. The highest BCUT2D eigenvalue weighted by Gasteiger charge is 2.09. The van der Waals surface area contributed by atoms with E-state index >= 15 is 0 Å². The Morgan fingerprint density at radius 3 is 2.50 bits per heavy atom. The molecule has 0 aliphatic heterocycles. The molecule has 0 aliphatic rings. The van der Waals surface area contributed by atoms with E-state index in [0.29, 0.717) is 0 Å². The number of benzene rings is 2. The van der Waals surface area contributed by atoms with E-state index in [2.05, 4.69) is 20.8 Å². The lowest BCUT2D eigenvalue weighted by atomic mass is 10.2. The van der Waals surface area contributed by atoms with Gasteiger partial charge in [0, 0.05) is 23.8 Å². The number of hydrogen-bond donors (Lipinski definition) is 2. The molecule has 2 N–H and O–H groups in total. The predicted octanol–water partition coefficient (Wildman–Crippen LogP) is 4.92. The number of aliphatic imine (C=N–C) groups is 1. The number of anilines is 1. The van der Waals surface area contributed by atoms with Crippen LogP contribution in [0, 0.1) is 6.92 Å². The number of carbonyl (C=O) groups is 1. The van der Waals surface area contributed by atoms with Gasteiger partial charge in [-0.05, 0) is 43.3 Å². The number of hydrogen-bond acceptors (Lipinski definition) is 5. The number of ketones is 1. The third-order valence-electron chi connectivity index (χ3n) is 3.91. The smallest absolute Gasteiger partial charge is 0.196 e. The lowest BCUT2D eigenvalue weighted by Crippen LogP contribution is -2.34. The van der Waals surface area contributed by atoms with Gasteiger partial charge >= 0.3 is 0 Å². The quantitative estimate of drug-likeness (QED) is 0.259. The first kappa shape index (κ1) is 19.6. The van der Waals surface area contributed by atoms with Crippen LogP contribution < -0.4 is 10.9 Å². The van der Waals surface area contributed by atoms with Crippen LogP contribution in [0.2, 0.25) is 0 Å². The van der Waals surface area contributed by atoms with Crippen molar-refractivity contribution in [3.8, 4) is 0 Å². The minimum absolute atomic E-state index is 0.149. The summed E-state index contributed by atoms with van der Waals surface area (Å²) in [4.78, 5) is 22.0. The minimum Gasteiger partial charge on any atom is -0.300 e. The second kappa shape index (κ2) is 9.71. The number of Topliss-reactive ketones (excluding diaryl/α,β-unsaturated/α-hetero) is 1. The summed E-state index contributed by atoms with van der Waals surface area (Å²) in [5.41, 5.74) is 9.74. The number of aryl methyl sites for hydroxylation is 1. The molecule has 0 unspecified atom stereocenters. The fourth-order valence-electron chi connectivity index (χ4n) is 2.39. The van der Waals surface area contributed by atoms with Crippen LogP contribution in [0.4, 0.5) is 11.4 Å². The molecule has 0 saturated carbocycles. The number of aromatic nitrogens is 1. The zero-order valence-electron chi connectivity index (χ0n) is 15.8. The Bertz CT molecular complexity index is 956. The van der Waals surface area contributed by atoms with Crippen LogP contribution in [0.15, 0.2) is 82.8 Å². The molecule has 0 fully saturated rings. The van der Waals surface area contributed by atoms with Gasteiger partial charge in [-0.25, -0.2) is 4.99 Å². The fourth-order valence-corrected chi connectivity index (χ4v) is 3.30. The average molecular weight is 391 g/mol. The Labute approximate surface area is 169 Å². The molecule has 0 amide bonds. The van der Waals surface area contributed by atoms with Gasteiger partial charge in [0.2, 0.25) is 0 Å². The number of carbonyl (C=O) groups excluding carboxylic acids is 1. The van der Waals surface area contributed by atoms with Crippen molar-refractivity contribution in [2.45, 2.75) is 24.5 Å². The second-order valence-electron chi connectivity index (χ2n) is 6.21. The van der Waals surface area contributed by atoms with Gasteiger partial charge in [0.1, 0.15) is 0 Å². The van der Waals surface area contributed by atoms with Gasteiger partial charge in [0.15, 0.2) is 11.6 Å². The first-order valence-electron chi connectivity index (χ1n) is 8.92. The molecule has 0 radical (unpaired) electrons. The maximum atomic E-state index is 12.1. The summed E-state index contributed by atoms with van der Waals surface area (Å²) in [5, 5.41) is 0. The molecule has 0 bridgehead atoms. The molecule has 142 valence electrons. The third kappa shape index (κ3) is 5.69. The van der Waals surface area contributed by atoms with Crippen LogP contribution in [0.3, 0.4) is 0 Å². The van der Waals surface area contributed by atoms with Gasteiger partial charge < -0.3 is 0 Å². The van der Waals surface area contributed by atoms with Crippen molar-refractivity contribution in [1.82, 2.24) is 10.4 Å². The third-order valence-corrected chi connectivity index (χ3v) is 5.01. The molecule has 6 heteroatoms. The number of nitrogens with one attached hydrogen (secondary N) is 2. The summed E-state index contributed by atoms with van der Waals surface area (Å²) in [6.07, 6.45) is 1.79. The molecule has 1 aromatic heterocycles. The van der Waals surface area contributed by atoms with E-state index in [1.165, 1.54) is 12.5 Å². The van der Waals surface area contributed by atoms with Gasteiger partial charge in [-0.15, -0.1) is 11.8 Å². The highest BCUT2D eigenvalue weighted by Crippen LogP contribution is 2.31. The predicted molar refractivity (Wildman–Crippen MR) is 116 cm³/mol. The number of nitrogens with zero attached hydrogens (tertiary/aromatic N) is 2. The Morgan fingerprint density at radius 2 is 1.79 bits per heavy atom. The Kier molecular flexibility index (Phi) is 6.81. The van der Waals surface area contributed by atoms with E-state index in [0.717, 1.165) is 27.7 Å². The number of amidine groups is 1. The summed E-state index contributed by atoms with van der Waals surface area (Å²) in [7, 11) is 0. The largest absolute Gasteiger partial charge is 0.300 e. The molecule has 0 atom stereocenters. The molecule has 0 aliphatic carbocycles. The SMILES string of the molecule is CC(=O)C(=Nc1ccccc1SCc1ccccn1)NNc1ccc(C)cc1. The van der Waals surface area contributed by atoms with E-state index in [4.69, 9.17) is 0 Å². The van der Waals surface area contributed by atoms with Crippen LogP contribution in [-0.2, 0) is 10.5 Å². The number of hydrazine groups is 1. The molecule has 0 spiro atoms. The molecular formula is C22H22N4OS. The topological polar surface area (TPSA) is 66.4 Å². The lowest BCUT2D eigenvalue weighted by molar-refractivity contribution is -0.111. The van der Waals surface area contributed by atoms with Gasteiger partial charge in [-0.3, -0.25) is 20.6 Å². The Hall–Kier alpha value is -3.12. The number of pyridine rings is 1. The zero-order chi connectivity index (χ0) is 19.8. The van der Waals surface area contributed by atoms with Crippen molar-refractivity contribution in [2.24, 2.45) is 4.99 Å². The highest BCUT2D eigenvalue weighted by molar-refractivity contribution is 7.98. The standard InChI is InChI=1S/C22H22N4OS/c1-16-10-12-18(13-11-16)25-26-22(17(2)27)24-20-8-3-4-9-21(20)28-15-19-7-5-6-14-23-19/h3-14,25H,15H2,1-2H3,(H,24,26). The second-order valence-corrected chi connectivity index (χ2v) is 7.23. The number of rotatable bonds is 7. The van der Waals surface area contributed by atoms with Crippen molar-refractivity contribution >= 4 is 34.8 Å². The van der Waals surface area contributed by atoms with Gasteiger partial charge in [0.25, 0.3) is 0 Å². The van der Waals surface area contributed by atoms with E-state index in [-0.39, 0.29) is 11.6 Å². The van der Waals surface area contributed by atoms with Gasteiger partial charge in [0.05, 0.1) is 17.1 Å². The summed E-state index contributed by atoms with van der Waals surface area (Å²) in [6.45, 7) is 3.52. The molecule has 1 heterocycles. The number of para-hydroxylation sites is 1. The number of thioether (sulfide) groups is 1. The van der Waals surface area contributed by atoms with Gasteiger partial charge in [-0.2, -0.15) is 0 Å².